The number of nitrogens with zero attached hydrogens (tertiary/aromatic N) is 2. The minimum Gasteiger partial charge on any atom is -0.342 e. The number of carbonyl (C=O) groups excluding carboxylic acids is 1. The normalized spacial score (nSPS) is 33.7. The predicted molar refractivity (Wildman–Crippen MR) is 104 cm³/mol. The standard InChI is InChI=1S/C20H36N2O3S/c1-16-13-17(2)15-21(14-16)20(23)10-6-12-26(24,25)22-11-5-8-18-7-3-4-9-19(18)22/h16-19H,3-15H2,1-2H3. The molecule has 0 aromatic heterocycles. The van der Waals surface area contributed by atoms with Crippen LogP contribution in [-0.4, -0.2) is 55.0 Å². The van der Waals surface area contributed by atoms with E-state index in [9.17, 15) is 13.2 Å². The van der Waals surface area contributed by atoms with Crippen molar-refractivity contribution in [2.45, 2.75) is 77.7 Å². The zero-order chi connectivity index (χ0) is 18.7. The Morgan fingerprint density at radius 3 is 2.38 bits per heavy atom. The van der Waals surface area contributed by atoms with E-state index in [1.54, 1.807) is 4.31 Å². The van der Waals surface area contributed by atoms with E-state index in [4.69, 9.17) is 0 Å². The molecule has 2 saturated heterocycles. The van der Waals surface area contributed by atoms with Crippen LogP contribution in [0.1, 0.15) is 71.6 Å². The highest BCUT2D eigenvalue weighted by molar-refractivity contribution is 7.89. The van der Waals surface area contributed by atoms with Gasteiger partial charge in [-0.05, 0) is 56.3 Å². The first kappa shape index (κ1) is 20.1. The fourth-order valence-corrected chi connectivity index (χ4v) is 7.31. The van der Waals surface area contributed by atoms with Crippen molar-refractivity contribution in [2.24, 2.45) is 17.8 Å². The van der Waals surface area contributed by atoms with E-state index in [1.807, 2.05) is 4.90 Å². The van der Waals surface area contributed by atoms with E-state index in [-0.39, 0.29) is 17.7 Å². The highest BCUT2D eigenvalue weighted by Gasteiger charge is 2.39. The van der Waals surface area contributed by atoms with Crippen LogP contribution in [0, 0.1) is 17.8 Å². The summed E-state index contributed by atoms with van der Waals surface area (Å²) >= 11 is 0. The number of hydrogen-bond acceptors (Lipinski definition) is 3. The van der Waals surface area contributed by atoms with E-state index >= 15 is 0 Å². The molecule has 2 heterocycles. The van der Waals surface area contributed by atoms with E-state index in [0.717, 1.165) is 32.4 Å². The molecule has 0 spiro atoms. The number of hydrogen-bond donors (Lipinski definition) is 0. The molecule has 1 saturated carbocycles. The van der Waals surface area contributed by atoms with Gasteiger partial charge in [-0.1, -0.05) is 26.7 Å². The van der Waals surface area contributed by atoms with Crippen LogP contribution in [0.3, 0.4) is 0 Å². The second-order valence-electron chi connectivity index (χ2n) is 9.03. The Morgan fingerprint density at radius 1 is 1.00 bits per heavy atom. The fourth-order valence-electron chi connectivity index (χ4n) is 5.47. The topological polar surface area (TPSA) is 57.7 Å². The van der Waals surface area contributed by atoms with Gasteiger partial charge >= 0.3 is 0 Å². The number of likely N-dealkylation sites (tertiary alicyclic amines) is 1. The van der Waals surface area contributed by atoms with Gasteiger partial charge in [0, 0.05) is 32.1 Å². The monoisotopic (exact) mass is 384 g/mol. The van der Waals surface area contributed by atoms with Gasteiger partial charge in [0.25, 0.3) is 0 Å². The zero-order valence-electron chi connectivity index (χ0n) is 16.5. The number of amides is 1. The van der Waals surface area contributed by atoms with Gasteiger partial charge in [-0.25, -0.2) is 8.42 Å². The van der Waals surface area contributed by atoms with Crippen LogP contribution in [0.5, 0.6) is 0 Å². The second-order valence-corrected chi connectivity index (χ2v) is 11.1. The fraction of sp³-hybridized carbons (Fsp3) is 0.950. The van der Waals surface area contributed by atoms with E-state index in [2.05, 4.69) is 13.8 Å². The number of piperidine rings is 2. The molecule has 2 aliphatic heterocycles. The van der Waals surface area contributed by atoms with Gasteiger partial charge in [0.2, 0.25) is 15.9 Å². The molecule has 3 rings (SSSR count). The van der Waals surface area contributed by atoms with Gasteiger partial charge < -0.3 is 4.90 Å². The van der Waals surface area contributed by atoms with Crippen LogP contribution in [0.4, 0.5) is 0 Å². The third kappa shape index (κ3) is 4.80. The van der Waals surface area contributed by atoms with Crippen LogP contribution in [0.15, 0.2) is 0 Å². The van der Waals surface area contributed by atoms with Crippen molar-refractivity contribution >= 4 is 15.9 Å². The Labute approximate surface area is 159 Å². The van der Waals surface area contributed by atoms with Gasteiger partial charge in [-0.15, -0.1) is 0 Å². The molecule has 6 heteroatoms. The van der Waals surface area contributed by atoms with Crippen LogP contribution in [0.2, 0.25) is 0 Å². The summed E-state index contributed by atoms with van der Waals surface area (Å²) in [6.45, 7) is 6.71. The summed E-state index contributed by atoms with van der Waals surface area (Å²) in [4.78, 5) is 14.4. The molecular formula is C20H36N2O3S. The molecule has 5 nitrogen and oxygen atoms in total. The van der Waals surface area contributed by atoms with Crippen molar-refractivity contribution in [2.75, 3.05) is 25.4 Å². The van der Waals surface area contributed by atoms with Crippen molar-refractivity contribution in [1.29, 1.82) is 0 Å². The molecule has 0 bridgehead atoms. The number of carbonyl (C=O) groups is 1. The molecule has 4 unspecified atom stereocenters. The molecule has 1 amide bonds. The zero-order valence-corrected chi connectivity index (χ0v) is 17.3. The van der Waals surface area contributed by atoms with E-state index in [1.165, 1.54) is 25.7 Å². The number of fused-ring (bicyclic) bond motifs is 1. The maximum atomic E-state index is 12.9. The Kier molecular flexibility index (Phi) is 6.65. The molecule has 26 heavy (non-hydrogen) atoms. The first-order valence-electron chi connectivity index (χ1n) is 10.6. The van der Waals surface area contributed by atoms with Crippen molar-refractivity contribution < 1.29 is 13.2 Å². The molecule has 0 radical (unpaired) electrons. The lowest BCUT2D eigenvalue weighted by molar-refractivity contribution is -0.133. The highest BCUT2D eigenvalue weighted by atomic mass is 32.2. The smallest absolute Gasteiger partial charge is 0.222 e. The minimum absolute atomic E-state index is 0.126. The summed E-state index contributed by atoms with van der Waals surface area (Å²) in [5.74, 6) is 1.91. The average Bonchev–Trinajstić information content (AvgIpc) is 2.60. The summed E-state index contributed by atoms with van der Waals surface area (Å²) in [5.41, 5.74) is 0. The highest BCUT2D eigenvalue weighted by Crippen LogP contribution is 2.36. The van der Waals surface area contributed by atoms with Crippen molar-refractivity contribution in [3.8, 4) is 0 Å². The number of sulfonamides is 1. The SMILES string of the molecule is CC1CC(C)CN(C(=O)CCCS(=O)(=O)N2CCCC3CCCCC32)C1. The third-order valence-electron chi connectivity index (χ3n) is 6.56. The maximum Gasteiger partial charge on any atom is 0.222 e. The van der Waals surface area contributed by atoms with E-state index in [0.29, 0.717) is 37.1 Å². The summed E-state index contributed by atoms with van der Waals surface area (Å²) in [6, 6.07) is 0.224. The third-order valence-corrected chi connectivity index (χ3v) is 8.54. The molecule has 0 aromatic carbocycles. The van der Waals surface area contributed by atoms with Gasteiger partial charge in [0.15, 0.2) is 0 Å². The largest absolute Gasteiger partial charge is 0.342 e. The Balaban J connectivity index is 1.51. The van der Waals surface area contributed by atoms with Crippen LogP contribution in [0.25, 0.3) is 0 Å². The Morgan fingerprint density at radius 2 is 1.65 bits per heavy atom. The predicted octanol–water partition coefficient (Wildman–Crippen LogP) is 3.26. The quantitative estimate of drug-likeness (QED) is 0.731. The molecule has 0 aromatic rings. The minimum atomic E-state index is -3.24. The Bertz CT molecular complexity index is 580. The van der Waals surface area contributed by atoms with Gasteiger partial charge in [0.1, 0.15) is 0 Å². The Hall–Kier alpha value is -0.620. The molecule has 150 valence electrons. The average molecular weight is 385 g/mol. The summed E-state index contributed by atoms with van der Waals surface area (Å²) < 4.78 is 27.6. The lowest BCUT2D eigenvalue weighted by Gasteiger charge is -2.43. The van der Waals surface area contributed by atoms with Gasteiger partial charge in [0.05, 0.1) is 5.75 Å². The first-order valence-corrected chi connectivity index (χ1v) is 12.2. The molecule has 4 atom stereocenters. The van der Waals surface area contributed by atoms with Crippen molar-refractivity contribution in [1.82, 2.24) is 9.21 Å². The van der Waals surface area contributed by atoms with Gasteiger partial charge in [-0.2, -0.15) is 4.31 Å². The molecule has 1 aliphatic carbocycles. The van der Waals surface area contributed by atoms with Crippen molar-refractivity contribution in [3.05, 3.63) is 0 Å². The maximum absolute atomic E-state index is 12.9. The second kappa shape index (κ2) is 8.59. The van der Waals surface area contributed by atoms with Crippen LogP contribution in [-0.2, 0) is 14.8 Å². The molecular weight excluding hydrogens is 348 g/mol. The lowest BCUT2D eigenvalue weighted by Crippen LogP contribution is -2.50. The molecule has 3 aliphatic rings. The summed E-state index contributed by atoms with van der Waals surface area (Å²) in [6.07, 6.45) is 8.76. The lowest BCUT2D eigenvalue weighted by atomic mass is 9.79. The molecule has 3 fully saturated rings. The summed E-state index contributed by atoms with van der Waals surface area (Å²) in [7, 11) is -3.24. The molecule has 0 N–H and O–H groups in total. The van der Waals surface area contributed by atoms with E-state index < -0.39 is 10.0 Å². The number of rotatable bonds is 5. The first-order chi connectivity index (χ1) is 12.4. The van der Waals surface area contributed by atoms with Gasteiger partial charge in [-0.3, -0.25) is 4.79 Å². The van der Waals surface area contributed by atoms with Crippen molar-refractivity contribution in [3.63, 3.8) is 0 Å². The van der Waals surface area contributed by atoms with Crippen LogP contribution >= 0.6 is 0 Å². The summed E-state index contributed by atoms with van der Waals surface area (Å²) in [5, 5.41) is 0. The van der Waals surface area contributed by atoms with Crippen LogP contribution < -0.4 is 0 Å².